The third-order valence-electron chi connectivity index (χ3n) is 5.15. The first-order chi connectivity index (χ1) is 15.9. The number of nitro benzene ring substituents is 1. The fraction of sp³-hybridized carbons (Fsp3) is 0.476. The molecule has 2 N–H and O–H groups in total. The van der Waals surface area contributed by atoms with E-state index in [4.69, 9.17) is 4.74 Å². The highest BCUT2D eigenvalue weighted by atomic mass is 32.1. The van der Waals surface area contributed by atoms with Crippen LogP contribution in [0.4, 0.5) is 10.8 Å². The normalized spacial score (nSPS) is 14.7. The predicted molar refractivity (Wildman–Crippen MR) is 125 cm³/mol. The number of amides is 2. The number of hydrogen-bond donors (Lipinski definition) is 2. The molecule has 1 aliphatic rings. The first kappa shape index (κ1) is 24.7. The van der Waals surface area contributed by atoms with Crippen molar-refractivity contribution in [1.82, 2.24) is 20.1 Å². The van der Waals surface area contributed by atoms with E-state index in [0.29, 0.717) is 62.3 Å². The molecule has 33 heavy (non-hydrogen) atoms. The van der Waals surface area contributed by atoms with Crippen LogP contribution in [0, 0.1) is 10.1 Å². The maximum atomic E-state index is 12.4. The molecule has 12 heteroatoms. The average molecular weight is 477 g/mol. The largest absolute Gasteiger partial charge is 0.385 e. The first-order valence-corrected chi connectivity index (χ1v) is 11.5. The molecule has 0 radical (unpaired) electrons. The van der Waals surface area contributed by atoms with Gasteiger partial charge in [-0.25, -0.2) is 4.98 Å². The van der Waals surface area contributed by atoms with Gasteiger partial charge in [-0.2, -0.15) is 0 Å². The van der Waals surface area contributed by atoms with Gasteiger partial charge < -0.3 is 15.4 Å². The minimum absolute atomic E-state index is 0.000573. The molecule has 1 fully saturated rings. The lowest BCUT2D eigenvalue weighted by Gasteiger charge is -2.33. The van der Waals surface area contributed by atoms with Crippen LogP contribution in [0.5, 0.6) is 0 Å². The summed E-state index contributed by atoms with van der Waals surface area (Å²) in [6.07, 6.45) is 0.789. The van der Waals surface area contributed by atoms with Gasteiger partial charge >= 0.3 is 0 Å². The van der Waals surface area contributed by atoms with E-state index in [0.717, 1.165) is 6.42 Å². The highest BCUT2D eigenvalue weighted by molar-refractivity contribution is 7.14. The lowest BCUT2D eigenvalue weighted by atomic mass is 10.1. The molecule has 0 spiro atoms. The summed E-state index contributed by atoms with van der Waals surface area (Å²) in [5.74, 6) is -0.167. The van der Waals surface area contributed by atoms with Gasteiger partial charge in [0.2, 0.25) is 11.8 Å². The number of thiazole rings is 1. The predicted octanol–water partition coefficient (Wildman–Crippen LogP) is 1.43. The molecule has 0 atom stereocenters. The van der Waals surface area contributed by atoms with Crippen molar-refractivity contribution >= 4 is 34.0 Å². The van der Waals surface area contributed by atoms with Crippen LogP contribution in [0.2, 0.25) is 0 Å². The van der Waals surface area contributed by atoms with Gasteiger partial charge in [0.05, 0.1) is 23.7 Å². The minimum atomic E-state index is -0.451. The van der Waals surface area contributed by atoms with Gasteiger partial charge in [-0.1, -0.05) is 12.1 Å². The molecule has 178 valence electrons. The van der Waals surface area contributed by atoms with E-state index in [1.54, 1.807) is 24.6 Å². The lowest BCUT2D eigenvalue weighted by molar-refractivity contribution is -0.384. The number of benzene rings is 1. The van der Waals surface area contributed by atoms with Crippen LogP contribution in [-0.4, -0.2) is 91.1 Å². The van der Waals surface area contributed by atoms with Crippen molar-refractivity contribution in [2.45, 2.75) is 6.42 Å². The Morgan fingerprint density at radius 3 is 2.55 bits per heavy atom. The fourth-order valence-electron chi connectivity index (χ4n) is 3.41. The Morgan fingerprint density at radius 2 is 1.88 bits per heavy atom. The molecule has 1 aromatic heterocycles. The maximum absolute atomic E-state index is 12.4. The Labute approximate surface area is 195 Å². The van der Waals surface area contributed by atoms with Crippen molar-refractivity contribution in [3.05, 3.63) is 39.8 Å². The number of ether oxygens (including phenoxy) is 1. The van der Waals surface area contributed by atoms with Gasteiger partial charge in [-0.15, -0.1) is 11.3 Å². The minimum Gasteiger partial charge on any atom is -0.385 e. The third kappa shape index (κ3) is 7.86. The molecule has 1 aromatic carbocycles. The van der Waals surface area contributed by atoms with Crippen LogP contribution < -0.4 is 10.6 Å². The Bertz CT molecular complexity index is 960. The topological polar surface area (TPSA) is 130 Å². The van der Waals surface area contributed by atoms with Crippen molar-refractivity contribution in [1.29, 1.82) is 0 Å². The number of hydrogen-bond acceptors (Lipinski definition) is 9. The molecule has 3 rings (SSSR count). The summed E-state index contributed by atoms with van der Waals surface area (Å²) in [4.78, 5) is 43.4. The summed E-state index contributed by atoms with van der Waals surface area (Å²) in [6.45, 7) is 4.64. The van der Waals surface area contributed by atoms with Crippen LogP contribution in [0.25, 0.3) is 11.3 Å². The number of piperazine rings is 1. The van der Waals surface area contributed by atoms with Crippen LogP contribution in [0.3, 0.4) is 0 Å². The molecule has 0 bridgehead atoms. The Morgan fingerprint density at radius 1 is 1.18 bits per heavy atom. The number of aromatic nitrogens is 1. The lowest BCUT2D eigenvalue weighted by Crippen LogP contribution is -2.51. The van der Waals surface area contributed by atoms with E-state index in [1.165, 1.54) is 23.5 Å². The Kier molecular flexibility index (Phi) is 9.24. The van der Waals surface area contributed by atoms with Crippen LogP contribution >= 0.6 is 11.3 Å². The summed E-state index contributed by atoms with van der Waals surface area (Å²) in [5, 5.41) is 18.8. The zero-order valence-corrected chi connectivity index (χ0v) is 19.3. The molecule has 2 heterocycles. The SMILES string of the molecule is COCCCNC(=O)CN1CCN(CC(=O)Nc2nc(-c3cccc([N+](=O)[O-])c3)cs2)CC1. The molecule has 2 aromatic rings. The smallest absolute Gasteiger partial charge is 0.270 e. The molecule has 2 amide bonds. The number of rotatable bonds is 11. The van der Waals surface area contributed by atoms with E-state index in [-0.39, 0.29) is 24.0 Å². The van der Waals surface area contributed by atoms with Gasteiger partial charge in [-0.3, -0.25) is 29.5 Å². The number of anilines is 1. The van der Waals surface area contributed by atoms with Crippen LogP contribution in [0.1, 0.15) is 6.42 Å². The highest BCUT2D eigenvalue weighted by Gasteiger charge is 2.21. The summed E-state index contributed by atoms with van der Waals surface area (Å²) in [6, 6.07) is 6.23. The van der Waals surface area contributed by atoms with Crippen molar-refractivity contribution in [3.8, 4) is 11.3 Å². The second-order valence-electron chi connectivity index (χ2n) is 7.64. The molecule has 0 unspecified atom stereocenters. The van der Waals surface area contributed by atoms with Crippen molar-refractivity contribution in [2.24, 2.45) is 0 Å². The van der Waals surface area contributed by atoms with Gasteiger partial charge in [0.1, 0.15) is 0 Å². The number of nitrogens with one attached hydrogen (secondary N) is 2. The maximum Gasteiger partial charge on any atom is 0.270 e. The van der Waals surface area contributed by atoms with Crippen LogP contribution in [-0.2, 0) is 14.3 Å². The summed E-state index contributed by atoms with van der Waals surface area (Å²) in [7, 11) is 1.64. The van der Waals surface area contributed by atoms with E-state index >= 15 is 0 Å². The number of nitrogens with zero attached hydrogens (tertiary/aromatic N) is 4. The summed E-state index contributed by atoms with van der Waals surface area (Å²) in [5.41, 5.74) is 1.20. The number of methoxy groups -OCH3 is 1. The van der Waals surface area contributed by atoms with E-state index in [9.17, 15) is 19.7 Å². The van der Waals surface area contributed by atoms with E-state index < -0.39 is 4.92 Å². The number of nitro groups is 1. The monoisotopic (exact) mass is 476 g/mol. The standard InChI is InChI=1S/C21H28N6O5S/c1-32-11-3-6-22-19(28)13-25-7-9-26(10-8-25)14-20(29)24-21-23-18(15-33-21)16-4-2-5-17(12-16)27(30)31/h2,4-5,12,15H,3,6-11,13-14H2,1H3,(H,22,28)(H,23,24,29). The van der Waals surface area contributed by atoms with Crippen molar-refractivity contribution < 1.29 is 19.2 Å². The van der Waals surface area contributed by atoms with E-state index in [2.05, 4.69) is 20.5 Å². The second-order valence-corrected chi connectivity index (χ2v) is 8.50. The fourth-order valence-corrected chi connectivity index (χ4v) is 4.15. The molecule has 0 aliphatic carbocycles. The molecular formula is C21H28N6O5S. The Balaban J connectivity index is 1.40. The van der Waals surface area contributed by atoms with Crippen molar-refractivity contribution in [3.63, 3.8) is 0 Å². The average Bonchev–Trinajstić information content (AvgIpc) is 3.26. The molecular weight excluding hydrogens is 448 g/mol. The molecule has 11 nitrogen and oxygen atoms in total. The highest BCUT2D eigenvalue weighted by Crippen LogP contribution is 2.27. The summed E-state index contributed by atoms with van der Waals surface area (Å²) >= 11 is 1.27. The second kappa shape index (κ2) is 12.3. The number of carbonyl (C=O) groups is 2. The Hall–Kier alpha value is -2.93. The summed E-state index contributed by atoms with van der Waals surface area (Å²) < 4.78 is 4.96. The van der Waals surface area contributed by atoms with E-state index in [1.807, 2.05) is 4.90 Å². The first-order valence-electron chi connectivity index (χ1n) is 10.6. The molecule has 1 aliphatic heterocycles. The van der Waals surface area contributed by atoms with Crippen LogP contribution in [0.15, 0.2) is 29.6 Å². The number of carbonyl (C=O) groups excluding carboxylic acids is 2. The van der Waals surface area contributed by atoms with Gasteiger partial charge in [0.15, 0.2) is 5.13 Å². The quantitative estimate of drug-likeness (QED) is 0.283. The molecule has 0 saturated carbocycles. The van der Waals surface area contributed by atoms with Gasteiger partial charge in [-0.05, 0) is 6.42 Å². The van der Waals surface area contributed by atoms with Gasteiger partial charge in [0, 0.05) is 69.5 Å². The third-order valence-corrected chi connectivity index (χ3v) is 5.91. The van der Waals surface area contributed by atoms with Gasteiger partial charge in [0.25, 0.3) is 5.69 Å². The molecule has 1 saturated heterocycles. The van der Waals surface area contributed by atoms with Crippen molar-refractivity contribution in [2.75, 3.05) is 64.8 Å². The zero-order valence-electron chi connectivity index (χ0n) is 18.5. The number of non-ortho nitro benzene ring substituents is 1. The zero-order chi connectivity index (χ0) is 23.6.